The van der Waals surface area contributed by atoms with Gasteiger partial charge in [0.25, 0.3) is 5.91 Å². The fourth-order valence-corrected chi connectivity index (χ4v) is 1.40. The van der Waals surface area contributed by atoms with Gasteiger partial charge in [0.1, 0.15) is 11.3 Å². The third kappa shape index (κ3) is 3.23. The van der Waals surface area contributed by atoms with Crippen LogP contribution in [0.2, 0.25) is 0 Å². The van der Waals surface area contributed by atoms with Crippen LogP contribution in [0.3, 0.4) is 0 Å². The summed E-state index contributed by atoms with van der Waals surface area (Å²) >= 11 is 0. The minimum absolute atomic E-state index is 0.340. The molecule has 0 unspecified atom stereocenters. The van der Waals surface area contributed by atoms with Crippen LogP contribution in [0, 0.1) is 0 Å². The second kappa shape index (κ2) is 5.53. The average Bonchev–Trinajstić information content (AvgIpc) is 2.37. The van der Waals surface area contributed by atoms with Crippen LogP contribution in [-0.2, 0) is 9.53 Å². The van der Waals surface area contributed by atoms with Gasteiger partial charge in [0.05, 0.1) is 14.2 Å². The van der Waals surface area contributed by atoms with Crippen molar-refractivity contribution >= 4 is 11.9 Å². The molecule has 0 saturated heterocycles. The van der Waals surface area contributed by atoms with Gasteiger partial charge in [-0.3, -0.25) is 4.79 Å². The first-order valence-electron chi connectivity index (χ1n) is 5.45. The van der Waals surface area contributed by atoms with Crippen LogP contribution < -0.4 is 10.1 Å². The molecule has 0 bridgehead atoms. The monoisotopic (exact) mass is 251 g/mol. The van der Waals surface area contributed by atoms with Crippen molar-refractivity contribution in [2.75, 3.05) is 14.2 Å². The fourth-order valence-electron chi connectivity index (χ4n) is 1.40. The SMILES string of the molecule is COC(=O)C(C)(C)NC(=O)c1ccc(OC)cc1. The average molecular weight is 251 g/mol. The number of amides is 1. The molecule has 0 spiro atoms. The molecule has 0 aliphatic rings. The van der Waals surface area contributed by atoms with Gasteiger partial charge in [0.15, 0.2) is 0 Å². The van der Waals surface area contributed by atoms with Crippen molar-refractivity contribution < 1.29 is 19.1 Å². The molecule has 0 aromatic heterocycles. The normalized spacial score (nSPS) is 10.7. The van der Waals surface area contributed by atoms with Gasteiger partial charge >= 0.3 is 5.97 Å². The van der Waals surface area contributed by atoms with Gasteiger partial charge in [-0.25, -0.2) is 4.79 Å². The zero-order chi connectivity index (χ0) is 13.8. The van der Waals surface area contributed by atoms with Crippen molar-refractivity contribution in [2.24, 2.45) is 0 Å². The molecular weight excluding hydrogens is 234 g/mol. The number of carbonyl (C=O) groups excluding carboxylic acids is 2. The number of hydrogen-bond donors (Lipinski definition) is 1. The minimum Gasteiger partial charge on any atom is -0.497 e. The van der Waals surface area contributed by atoms with Crippen molar-refractivity contribution in [3.63, 3.8) is 0 Å². The van der Waals surface area contributed by atoms with Crippen LogP contribution in [0.15, 0.2) is 24.3 Å². The summed E-state index contributed by atoms with van der Waals surface area (Å²) in [6, 6.07) is 6.61. The number of rotatable bonds is 4. The number of benzene rings is 1. The van der Waals surface area contributed by atoms with E-state index in [4.69, 9.17) is 4.74 Å². The molecular formula is C13H17NO4. The maximum absolute atomic E-state index is 11.9. The Kier molecular flexibility index (Phi) is 4.31. The van der Waals surface area contributed by atoms with Crippen molar-refractivity contribution in [1.82, 2.24) is 5.32 Å². The van der Waals surface area contributed by atoms with E-state index in [9.17, 15) is 9.59 Å². The second-order valence-electron chi connectivity index (χ2n) is 4.30. The van der Waals surface area contributed by atoms with Gasteiger partial charge in [-0.15, -0.1) is 0 Å². The van der Waals surface area contributed by atoms with Crippen molar-refractivity contribution in [3.8, 4) is 5.75 Å². The molecule has 0 heterocycles. The quantitative estimate of drug-likeness (QED) is 0.821. The largest absolute Gasteiger partial charge is 0.497 e. The van der Waals surface area contributed by atoms with Gasteiger partial charge in [-0.05, 0) is 38.1 Å². The summed E-state index contributed by atoms with van der Waals surface area (Å²) in [5, 5.41) is 2.61. The zero-order valence-corrected chi connectivity index (χ0v) is 10.9. The Bertz CT molecular complexity index is 437. The lowest BCUT2D eigenvalue weighted by Gasteiger charge is -2.23. The predicted octanol–water partition coefficient (Wildman–Crippen LogP) is 1.38. The minimum atomic E-state index is -1.06. The summed E-state index contributed by atoms with van der Waals surface area (Å²) in [5.41, 5.74) is -0.612. The lowest BCUT2D eigenvalue weighted by atomic mass is 10.1. The standard InChI is InChI=1S/C13H17NO4/c1-13(2,12(16)18-4)14-11(15)9-5-7-10(17-3)8-6-9/h5-8H,1-4H3,(H,14,15). The Morgan fingerprint density at radius 2 is 1.67 bits per heavy atom. The summed E-state index contributed by atoms with van der Waals surface area (Å²) in [6.45, 7) is 3.17. The Labute approximate surface area is 106 Å². The Morgan fingerprint density at radius 1 is 1.11 bits per heavy atom. The molecule has 0 saturated carbocycles. The number of methoxy groups -OCH3 is 2. The van der Waals surface area contributed by atoms with E-state index in [2.05, 4.69) is 10.1 Å². The molecule has 5 heteroatoms. The van der Waals surface area contributed by atoms with Gasteiger partial charge in [-0.1, -0.05) is 0 Å². The highest BCUT2D eigenvalue weighted by Gasteiger charge is 2.30. The highest BCUT2D eigenvalue weighted by molar-refractivity contribution is 5.97. The summed E-state index contributed by atoms with van der Waals surface area (Å²) in [7, 11) is 2.83. The van der Waals surface area contributed by atoms with Crippen molar-refractivity contribution in [2.45, 2.75) is 19.4 Å². The Balaban J connectivity index is 2.78. The fraction of sp³-hybridized carbons (Fsp3) is 0.385. The molecule has 1 N–H and O–H groups in total. The zero-order valence-electron chi connectivity index (χ0n) is 10.9. The predicted molar refractivity (Wildman–Crippen MR) is 66.6 cm³/mol. The molecule has 0 atom stereocenters. The number of hydrogen-bond acceptors (Lipinski definition) is 4. The van der Waals surface area contributed by atoms with Crippen LogP contribution in [0.1, 0.15) is 24.2 Å². The highest BCUT2D eigenvalue weighted by Crippen LogP contribution is 2.13. The van der Waals surface area contributed by atoms with Crippen LogP contribution in [0.5, 0.6) is 5.75 Å². The van der Waals surface area contributed by atoms with Crippen LogP contribution in [0.25, 0.3) is 0 Å². The lowest BCUT2D eigenvalue weighted by molar-refractivity contribution is -0.146. The second-order valence-corrected chi connectivity index (χ2v) is 4.30. The van der Waals surface area contributed by atoms with Crippen molar-refractivity contribution in [3.05, 3.63) is 29.8 Å². The molecule has 1 aromatic rings. The highest BCUT2D eigenvalue weighted by atomic mass is 16.5. The smallest absolute Gasteiger partial charge is 0.330 e. The molecule has 1 rings (SSSR count). The summed E-state index contributed by atoms with van der Waals surface area (Å²) < 4.78 is 9.61. The van der Waals surface area contributed by atoms with Gasteiger partial charge in [0, 0.05) is 5.56 Å². The van der Waals surface area contributed by atoms with Crippen LogP contribution >= 0.6 is 0 Å². The molecule has 0 aliphatic carbocycles. The third-order valence-corrected chi connectivity index (χ3v) is 2.47. The van der Waals surface area contributed by atoms with E-state index >= 15 is 0 Å². The van der Waals surface area contributed by atoms with E-state index < -0.39 is 11.5 Å². The maximum atomic E-state index is 11.9. The molecule has 1 aromatic carbocycles. The molecule has 18 heavy (non-hydrogen) atoms. The van der Waals surface area contributed by atoms with E-state index in [1.54, 1.807) is 45.2 Å². The third-order valence-electron chi connectivity index (χ3n) is 2.47. The van der Waals surface area contributed by atoms with Crippen LogP contribution in [-0.4, -0.2) is 31.6 Å². The van der Waals surface area contributed by atoms with E-state index in [1.807, 2.05) is 0 Å². The first kappa shape index (κ1) is 14.0. The van der Waals surface area contributed by atoms with E-state index in [1.165, 1.54) is 7.11 Å². The first-order chi connectivity index (χ1) is 8.40. The van der Waals surface area contributed by atoms with E-state index in [-0.39, 0.29) is 5.91 Å². The van der Waals surface area contributed by atoms with Crippen LogP contribution in [0.4, 0.5) is 0 Å². The van der Waals surface area contributed by atoms with Gasteiger partial charge in [0.2, 0.25) is 0 Å². The Hall–Kier alpha value is -2.04. The van der Waals surface area contributed by atoms with Crippen molar-refractivity contribution in [1.29, 1.82) is 0 Å². The molecule has 1 amide bonds. The molecule has 5 nitrogen and oxygen atoms in total. The van der Waals surface area contributed by atoms with E-state index in [0.29, 0.717) is 11.3 Å². The number of carbonyl (C=O) groups is 2. The summed E-state index contributed by atoms with van der Waals surface area (Å²) in [5.74, 6) is -0.170. The van der Waals surface area contributed by atoms with Gasteiger partial charge < -0.3 is 14.8 Å². The molecule has 0 radical (unpaired) electrons. The first-order valence-corrected chi connectivity index (χ1v) is 5.45. The van der Waals surface area contributed by atoms with E-state index in [0.717, 1.165) is 0 Å². The molecule has 98 valence electrons. The maximum Gasteiger partial charge on any atom is 0.330 e. The summed E-state index contributed by atoms with van der Waals surface area (Å²) in [6.07, 6.45) is 0. The topological polar surface area (TPSA) is 64.6 Å². The number of nitrogens with one attached hydrogen (secondary N) is 1. The molecule has 0 aliphatic heterocycles. The number of esters is 1. The van der Waals surface area contributed by atoms with Gasteiger partial charge in [-0.2, -0.15) is 0 Å². The number of ether oxygens (including phenoxy) is 2. The molecule has 0 fully saturated rings. The summed E-state index contributed by atoms with van der Waals surface area (Å²) in [4.78, 5) is 23.4. The lowest BCUT2D eigenvalue weighted by Crippen LogP contribution is -2.50. The Morgan fingerprint density at radius 3 is 2.11 bits per heavy atom.